The third-order valence-electron chi connectivity index (χ3n) is 1.95. The lowest BCUT2D eigenvalue weighted by molar-refractivity contribution is -0.165. The fourth-order valence-electron chi connectivity index (χ4n) is 1.12. The number of carbonyl (C=O) groups is 2. The molecule has 1 atom stereocenters. The first-order valence-corrected chi connectivity index (χ1v) is 4.59. The van der Waals surface area contributed by atoms with Gasteiger partial charge in [-0.05, 0) is 26.7 Å². The maximum Gasteiger partial charge on any atom is 0.336 e. The van der Waals surface area contributed by atoms with Crippen LogP contribution in [0.3, 0.4) is 0 Å². The molecule has 5 nitrogen and oxygen atoms in total. The van der Waals surface area contributed by atoms with E-state index < -0.39 is 24.0 Å². The normalized spacial score (nSPS) is 14.1. The molecule has 0 bridgehead atoms. The van der Waals surface area contributed by atoms with E-state index in [2.05, 4.69) is 0 Å². The summed E-state index contributed by atoms with van der Waals surface area (Å²) in [5, 5.41) is 26.7. The number of allylic oxidation sites excluding steroid dienone is 2. The maximum absolute atomic E-state index is 10.7. The van der Waals surface area contributed by atoms with Crippen molar-refractivity contribution >= 4 is 11.9 Å². The van der Waals surface area contributed by atoms with Gasteiger partial charge in [-0.25, -0.2) is 4.79 Å². The molecule has 0 aliphatic rings. The zero-order chi connectivity index (χ0) is 12.1. The standard InChI is InChI=1S/C10H16O5/c1-7(2)4-3-5-10(15,9(13)14)6-8(11)12/h4,15H,3,5-6H2,1-2H3,(H,11,12)(H,13,14)/t10-/m1/s1. The average molecular weight is 216 g/mol. The minimum atomic E-state index is -2.17. The van der Waals surface area contributed by atoms with Crippen molar-refractivity contribution < 1.29 is 24.9 Å². The molecule has 0 aliphatic heterocycles. The number of hydrogen-bond acceptors (Lipinski definition) is 3. The Kier molecular flexibility index (Phi) is 5.00. The molecular weight excluding hydrogens is 200 g/mol. The van der Waals surface area contributed by atoms with Gasteiger partial charge < -0.3 is 15.3 Å². The minimum absolute atomic E-state index is 0.0974. The smallest absolute Gasteiger partial charge is 0.336 e. The molecule has 0 saturated heterocycles. The predicted octanol–water partition coefficient (Wildman–Crippen LogP) is 1.02. The highest BCUT2D eigenvalue weighted by atomic mass is 16.4. The Morgan fingerprint density at radius 1 is 1.27 bits per heavy atom. The molecule has 86 valence electrons. The number of carboxylic acids is 2. The van der Waals surface area contributed by atoms with Crippen LogP contribution >= 0.6 is 0 Å². The van der Waals surface area contributed by atoms with Gasteiger partial charge in [0.05, 0.1) is 6.42 Å². The van der Waals surface area contributed by atoms with E-state index in [4.69, 9.17) is 10.2 Å². The van der Waals surface area contributed by atoms with Crippen LogP contribution in [0.5, 0.6) is 0 Å². The first kappa shape index (κ1) is 13.6. The number of aliphatic hydroxyl groups is 1. The summed E-state index contributed by atoms with van der Waals surface area (Å²) in [7, 11) is 0. The van der Waals surface area contributed by atoms with Gasteiger partial charge >= 0.3 is 11.9 Å². The van der Waals surface area contributed by atoms with Crippen LogP contribution in [0.15, 0.2) is 11.6 Å². The molecular formula is C10H16O5. The Labute approximate surface area is 88.0 Å². The first-order chi connectivity index (χ1) is 6.78. The third-order valence-corrected chi connectivity index (χ3v) is 1.95. The first-order valence-electron chi connectivity index (χ1n) is 4.59. The van der Waals surface area contributed by atoms with Crippen molar-refractivity contribution in [2.24, 2.45) is 0 Å². The third kappa shape index (κ3) is 5.17. The zero-order valence-electron chi connectivity index (χ0n) is 8.86. The van der Waals surface area contributed by atoms with Gasteiger partial charge in [-0.3, -0.25) is 4.79 Å². The maximum atomic E-state index is 10.7. The molecule has 3 N–H and O–H groups in total. The monoisotopic (exact) mass is 216 g/mol. The van der Waals surface area contributed by atoms with E-state index in [1.54, 1.807) is 6.08 Å². The molecule has 0 fully saturated rings. The fourth-order valence-corrected chi connectivity index (χ4v) is 1.12. The summed E-state index contributed by atoms with van der Waals surface area (Å²) in [6.45, 7) is 3.69. The lowest BCUT2D eigenvalue weighted by Crippen LogP contribution is -2.40. The van der Waals surface area contributed by atoms with Crippen LogP contribution in [0.25, 0.3) is 0 Å². The number of carboxylic acid groups (broad SMARTS) is 2. The van der Waals surface area contributed by atoms with E-state index in [0.29, 0.717) is 6.42 Å². The molecule has 0 aromatic rings. The molecule has 0 aliphatic carbocycles. The van der Waals surface area contributed by atoms with Crippen molar-refractivity contribution in [2.75, 3.05) is 0 Å². The highest BCUT2D eigenvalue weighted by molar-refractivity contribution is 5.83. The molecule has 5 heteroatoms. The summed E-state index contributed by atoms with van der Waals surface area (Å²) >= 11 is 0. The van der Waals surface area contributed by atoms with Crippen LogP contribution in [0.4, 0.5) is 0 Å². The number of aliphatic carboxylic acids is 2. The van der Waals surface area contributed by atoms with Crippen LogP contribution in [-0.4, -0.2) is 32.9 Å². The lowest BCUT2D eigenvalue weighted by Gasteiger charge is -2.20. The van der Waals surface area contributed by atoms with E-state index in [0.717, 1.165) is 5.57 Å². The second-order valence-corrected chi connectivity index (χ2v) is 3.73. The second kappa shape index (κ2) is 5.50. The molecule has 0 rings (SSSR count). The van der Waals surface area contributed by atoms with Crippen LogP contribution in [0, 0.1) is 0 Å². The Balaban J connectivity index is 4.46. The molecule has 15 heavy (non-hydrogen) atoms. The lowest BCUT2D eigenvalue weighted by atomic mass is 9.93. The summed E-state index contributed by atoms with van der Waals surface area (Å²) in [5.41, 5.74) is -1.17. The fraction of sp³-hybridized carbons (Fsp3) is 0.600. The average Bonchev–Trinajstić information content (AvgIpc) is 2.01. The minimum Gasteiger partial charge on any atom is -0.481 e. The van der Waals surface area contributed by atoms with Crippen molar-refractivity contribution in [3.63, 3.8) is 0 Å². The van der Waals surface area contributed by atoms with E-state index >= 15 is 0 Å². The van der Waals surface area contributed by atoms with Crippen molar-refractivity contribution in [2.45, 2.75) is 38.7 Å². The molecule has 0 radical (unpaired) electrons. The van der Waals surface area contributed by atoms with Crippen LogP contribution in [0.2, 0.25) is 0 Å². The highest BCUT2D eigenvalue weighted by Gasteiger charge is 2.37. The van der Waals surface area contributed by atoms with Gasteiger partial charge in [-0.2, -0.15) is 0 Å². The van der Waals surface area contributed by atoms with Gasteiger partial charge in [0, 0.05) is 0 Å². The Hall–Kier alpha value is -1.36. The van der Waals surface area contributed by atoms with Gasteiger partial charge in [0.2, 0.25) is 0 Å². The molecule has 0 amide bonds. The summed E-state index contributed by atoms with van der Waals surface area (Å²) in [6.07, 6.45) is 1.23. The molecule has 0 aromatic heterocycles. The van der Waals surface area contributed by atoms with Crippen molar-refractivity contribution in [3.8, 4) is 0 Å². The number of hydrogen-bond donors (Lipinski definition) is 3. The van der Waals surface area contributed by atoms with E-state index in [-0.39, 0.29) is 6.42 Å². The predicted molar refractivity (Wildman–Crippen MR) is 53.5 cm³/mol. The van der Waals surface area contributed by atoms with Crippen LogP contribution < -0.4 is 0 Å². The van der Waals surface area contributed by atoms with E-state index in [1.165, 1.54) is 0 Å². The number of rotatable bonds is 6. The molecule has 0 aromatic carbocycles. The Bertz CT molecular complexity index is 278. The van der Waals surface area contributed by atoms with Gasteiger partial charge in [0.15, 0.2) is 5.60 Å². The molecule has 0 unspecified atom stereocenters. The van der Waals surface area contributed by atoms with Gasteiger partial charge in [-0.15, -0.1) is 0 Å². The van der Waals surface area contributed by atoms with Crippen LogP contribution in [0.1, 0.15) is 33.1 Å². The van der Waals surface area contributed by atoms with Crippen LogP contribution in [-0.2, 0) is 9.59 Å². The summed E-state index contributed by atoms with van der Waals surface area (Å²) in [5.74, 6) is -2.82. The van der Waals surface area contributed by atoms with E-state index in [1.807, 2.05) is 13.8 Å². The summed E-state index contributed by atoms with van der Waals surface area (Å²) in [4.78, 5) is 21.1. The largest absolute Gasteiger partial charge is 0.481 e. The van der Waals surface area contributed by atoms with Gasteiger partial charge in [0.1, 0.15) is 0 Å². The topological polar surface area (TPSA) is 94.8 Å². The van der Waals surface area contributed by atoms with Crippen molar-refractivity contribution in [1.29, 1.82) is 0 Å². The summed E-state index contributed by atoms with van der Waals surface area (Å²) < 4.78 is 0. The van der Waals surface area contributed by atoms with E-state index in [9.17, 15) is 14.7 Å². The Morgan fingerprint density at radius 2 is 1.80 bits per heavy atom. The second-order valence-electron chi connectivity index (χ2n) is 3.73. The molecule has 0 spiro atoms. The molecule has 0 saturated carbocycles. The van der Waals surface area contributed by atoms with Gasteiger partial charge in [-0.1, -0.05) is 11.6 Å². The Morgan fingerprint density at radius 3 is 2.13 bits per heavy atom. The SMILES string of the molecule is CC(C)=CCC[C@@](O)(CC(=O)O)C(=O)O. The zero-order valence-corrected chi connectivity index (χ0v) is 8.86. The van der Waals surface area contributed by atoms with Crippen molar-refractivity contribution in [1.82, 2.24) is 0 Å². The quantitative estimate of drug-likeness (QED) is 0.576. The highest BCUT2D eigenvalue weighted by Crippen LogP contribution is 2.19. The van der Waals surface area contributed by atoms with Crippen molar-refractivity contribution in [3.05, 3.63) is 11.6 Å². The molecule has 0 heterocycles. The summed E-state index contributed by atoms with van der Waals surface area (Å²) in [6, 6.07) is 0. The van der Waals surface area contributed by atoms with Gasteiger partial charge in [0.25, 0.3) is 0 Å².